The zero-order valence-corrected chi connectivity index (χ0v) is 16.0. The first kappa shape index (κ1) is 19.3. The van der Waals surface area contributed by atoms with Crippen LogP contribution in [0.5, 0.6) is 0 Å². The van der Waals surface area contributed by atoms with Crippen molar-refractivity contribution in [2.75, 3.05) is 36.7 Å². The van der Waals surface area contributed by atoms with Crippen molar-refractivity contribution >= 4 is 52.3 Å². The molecule has 0 aliphatic carbocycles. The van der Waals surface area contributed by atoms with E-state index >= 15 is 0 Å². The Morgan fingerprint density at radius 1 is 1.18 bits per heavy atom. The van der Waals surface area contributed by atoms with Crippen molar-refractivity contribution in [1.29, 1.82) is 0 Å². The van der Waals surface area contributed by atoms with E-state index in [1.807, 2.05) is 0 Å². The van der Waals surface area contributed by atoms with Gasteiger partial charge in [0.2, 0.25) is 0 Å². The number of benzene rings is 2. The van der Waals surface area contributed by atoms with Crippen LogP contribution in [0.15, 0.2) is 40.1 Å². The molecule has 3 rings (SSSR count). The van der Waals surface area contributed by atoms with E-state index in [1.165, 1.54) is 11.0 Å². The maximum absolute atomic E-state index is 12.9. The highest BCUT2D eigenvalue weighted by Crippen LogP contribution is 2.54. The first-order chi connectivity index (χ1) is 13.3. The average molecular weight is 403 g/mol. The van der Waals surface area contributed by atoms with Crippen LogP contribution in [0.3, 0.4) is 0 Å². The van der Waals surface area contributed by atoms with Crippen molar-refractivity contribution in [3.63, 3.8) is 0 Å². The third kappa shape index (κ3) is 3.05. The molecule has 0 atom stereocenters. The summed E-state index contributed by atoms with van der Waals surface area (Å²) in [6, 6.07) is 7.37. The van der Waals surface area contributed by atoms with Crippen LogP contribution < -0.4 is 15.5 Å². The largest absolute Gasteiger partial charge is 0.465 e. The molecule has 11 heteroatoms. The van der Waals surface area contributed by atoms with E-state index in [0.29, 0.717) is 21.2 Å². The Bertz CT molecular complexity index is 996. The van der Waals surface area contributed by atoms with Gasteiger partial charge in [0.05, 0.1) is 16.3 Å². The fourth-order valence-corrected chi connectivity index (χ4v) is 4.05. The summed E-state index contributed by atoms with van der Waals surface area (Å²) < 4.78 is 0. The Morgan fingerprint density at radius 3 is 2.43 bits per heavy atom. The lowest BCUT2D eigenvalue weighted by atomic mass is 10.1. The number of urea groups is 1. The van der Waals surface area contributed by atoms with E-state index in [0.717, 1.165) is 24.5 Å². The molecule has 3 N–H and O–H groups in total. The summed E-state index contributed by atoms with van der Waals surface area (Å²) in [5.41, 5.74) is 1.56. The van der Waals surface area contributed by atoms with Crippen LogP contribution in [0, 0.1) is 10.1 Å². The Hall–Kier alpha value is -3.47. The van der Waals surface area contributed by atoms with Crippen LogP contribution >= 0.6 is 11.8 Å². The van der Waals surface area contributed by atoms with Gasteiger partial charge in [0.1, 0.15) is 10.6 Å². The average Bonchev–Trinajstić information content (AvgIpc) is 2.69. The van der Waals surface area contributed by atoms with Gasteiger partial charge in [0, 0.05) is 31.7 Å². The van der Waals surface area contributed by atoms with E-state index in [-0.39, 0.29) is 16.3 Å². The molecule has 0 unspecified atom stereocenters. The molecule has 1 heterocycles. The molecule has 3 amide bonds. The monoisotopic (exact) mass is 403 g/mol. The summed E-state index contributed by atoms with van der Waals surface area (Å²) >= 11 is 1.16. The third-order valence-electron chi connectivity index (χ3n) is 4.27. The summed E-state index contributed by atoms with van der Waals surface area (Å²) in [7, 11) is 4.42. The molecule has 0 radical (unpaired) electrons. The number of nitro benzene ring substituents is 1. The van der Waals surface area contributed by atoms with E-state index in [9.17, 15) is 24.8 Å². The minimum atomic E-state index is -1.43. The zero-order chi connectivity index (χ0) is 20.6. The molecular formula is C17H17N5O5S. The first-order valence-corrected chi connectivity index (χ1v) is 8.91. The fourth-order valence-electron chi connectivity index (χ4n) is 2.83. The second-order valence-corrected chi connectivity index (χ2v) is 6.86. The van der Waals surface area contributed by atoms with Crippen LogP contribution in [0.2, 0.25) is 0 Å². The summed E-state index contributed by atoms with van der Waals surface area (Å²) in [5, 5.41) is 26.7. The van der Waals surface area contributed by atoms with E-state index in [1.54, 1.807) is 38.4 Å². The molecule has 2 aromatic carbocycles. The molecule has 2 aromatic rings. The fraction of sp³-hybridized carbons (Fsp3) is 0.176. The van der Waals surface area contributed by atoms with Crippen molar-refractivity contribution < 1.29 is 19.6 Å². The number of hydrogen-bond acceptors (Lipinski definition) is 7. The van der Waals surface area contributed by atoms with Crippen molar-refractivity contribution in [3.05, 3.63) is 40.4 Å². The number of imide groups is 1. The van der Waals surface area contributed by atoms with Crippen LogP contribution in [0.4, 0.5) is 38.0 Å². The standard InChI is InChI=1S/C17H17N5O5S/c1-18-9-4-6-11-13(8-9)28-15-12(21(11)16(23)20(3)17(24)25)7-5-10(19-2)14(15)22(26)27/h4-8,18-19H,1-3H3,(H,24,25). The summed E-state index contributed by atoms with van der Waals surface area (Å²) in [6.45, 7) is 0. The SMILES string of the molecule is CNc1ccc2c(c1)Sc1c(ccc(NC)c1[N+](=O)[O-])N2C(=O)N(C)C(=O)O. The lowest BCUT2D eigenvalue weighted by Gasteiger charge is -2.32. The number of nitro groups is 1. The number of carbonyl (C=O) groups is 2. The van der Waals surface area contributed by atoms with Gasteiger partial charge in [0.25, 0.3) is 0 Å². The Balaban J connectivity index is 2.29. The van der Waals surface area contributed by atoms with Gasteiger partial charge >= 0.3 is 17.8 Å². The molecule has 0 aromatic heterocycles. The lowest BCUT2D eigenvalue weighted by molar-refractivity contribution is -0.386. The van der Waals surface area contributed by atoms with Gasteiger partial charge in [-0.2, -0.15) is 0 Å². The normalized spacial score (nSPS) is 11.9. The van der Waals surface area contributed by atoms with Gasteiger partial charge in [-0.05, 0) is 30.3 Å². The van der Waals surface area contributed by atoms with Crippen molar-refractivity contribution in [1.82, 2.24) is 4.90 Å². The predicted molar refractivity (Wildman–Crippen MR) is 106 cm³/mol. The highest BCUT2D eigenvalue weighted by molar-refractivity contribution is 8.00. The number of hydrogen-bond donors (Lipinski definition) is 3. The molecule has 0 fully saturated rings. The van der Waals surface area contributed by atoms with E-state index in [2.05, 4.69) is 10.6 Å². The number of carboxylic acid groups (broad SMARTS) is 1. The van der Waals surface area contributed by atoms with Gasteiger partial charge in [-0.25, -0.2) is 14.5 Å². The molecule has 0 spiro atoms. The molecule has 146 valence electrons. The Labute approximate surface area is 164 Å². The third-order valence-corrected chi connectivity index (χ3v) is 5.42. The molecule has 0 saturated heterocycles. The van der Waals surface area contributed by atoms with Crippen molar-refractivity contribution in [2.24, 2.45) is 0 Å². The van der Waals surface area contributed by atoms with E-state index < -0.39 is 17.0 Å². The number of anilines is 4. The molecule has 1 aliphatic rings. The van der Waals surface area contributed by atoms with Crippen molar-refractivity contribution in [2.45, 2.75) is 9.79 Å². The number of carbonyl (C=O) groups excluding carboxylic acids is 1. The zero-order valence-electron chi connectivity index (χ0n) is 15.2. The van der Waals surface area contributed by atoms with Crippen molar-refractivity contribution in [3.8, 4) is 0 Å². The number of amides is 3. The summed E-state index contributed by atoms with van der Waals surface area (Å²) in [4.78, 5) is 38.0. The number of fused-ring (bicyclic) bond motifs is 2. The van der Waals surface area contributed by atoms with E-state index in [4.69, 9.17) is 0 Å². The van der Waals surface area contributed by atoms with Gasteiger partial charge in [-0.15, -0.1) is 0 Å². The maximum atomic E-state index is 12.9. The molecule has 28 heavy (non-hydrogen) atoms. The molecule has 0 bridgehead atoms. The number of nitrogens with one attached hydrogen (secondary N) is 2. The number of rotatable bonds is 3. The van der Waals surface area contributed by atoms with Gasteiger partial charge < -0.3 is 15.7 Å². The van der Waals surface area contributed by atoms with Gasteiger partial charge in [-0.1, -0.05) is 11.8 Å². The molecule has 10 nitrogen and oxygen atoms in total. The molecule has 1 aliphatic heterocycles. The molecule has 0 saturated carbocycles. The smallest absolute Gasteiger partial charge is 0.415 e. The lowest BCUT2D eigenvalue weighted by Crippen LogP contribution is -2.42. The second-order valence-electron chi connectivity index (χ2n) is 5.81. The topological polar surface area (TPSA) is 128 Å². The maximum Gasteiger partial charge on any atom is 0.415 e. The minimum absolute atomic E-state index is 0.179. The number of nitrogens with zero attached hydrogens (tertiary/aromatic N) is 3. The van der Waals surface area contributed by atoms with Gasteiger partial charge in [0.15, 0.2) is 0 Å². The first-order valence-electron chi connectivity index (χ1n) is 8.09. The summed E-state index contributed by atoms with van der Waals surface area (Å²) in [5.74, 6) is 0. The summed E-state index contributed by atoms with van der Waals surface area (Å²) in [6.07, 6.45) is -1.43. The Kier molecular flexibility index (Phi) is 5.01. The highest BCUT2D eigenvalue weighted by Gasteiger charge is 2.37. The molecular weight excluding hydrogens is 386 g/mol. The van der Waals surface area contributed by atoms with Crippen LogP contribution in [0.1, 0.15) is 0 Å². The highest BCUT2D eigenvalue weighted by atomic mass is 32.2. The predicted octanol–water partition coefficient (Wildman–Crippen LogP) is 4.01. The Morgan fingerprint density at radius 2 is 1.86 bits per heavy atom. The minimum Gasteiger partial charge on any atom is -0.465 e. The second kappa shape index (κ2) is 7.27. The van der Waals surface area contributed by atoms with Crippen LogP contribution in [-0.4, -0.2) is 48.2 Å². The van der Waals surface area contributed by atoms with Crippen LogP contribution in [0.25, 0.3) is 0 Å². The van der Waals surface area contributed by atoms with Crippen LogP contribution in [-0.2, 0) is 0 Å². The quantitative estimate of drug-likeness (QED) is 0.518. The van der Waals surface area contributed by atoms with Gasteiger partial charge in [-0.3, -0.25) is 15.0 Å².